The van der Waals surface area contributed by atoms with Gasteiger partial charge in [0.1, 0.15) is 12.4 Å². The monoisotopic (exact) mass is 335 g/mol. The highest BCUT2D eigenvalue weighted by atomic mass is 79.9. The third-order valence-electron chi connectivity index (χ3n) is 2.75. The topological polar surface area (TPSA) is 80.7 Å². The molecule has 0 aliphatic heterocycles. The Morgan fingerprint density at radius 1 is 1.40 bits per heavy atom. The van der Waals surface area contributed by atoms with Crippen molar-refractivity contribution in [3.63, 3.8) is 0 Å². The molecule has 1 aromatic carbocycles. The standard InChI is InChI=1S/C14H14BrN3O2/c1-9-2-3-11(14(16)18-19)5-13(9)20-8-10-4-12(15)7-17-6-10/h2-7,19H,8H2,1H3,(H2,16,18). The zero-order chi connectivity index (χ0) is 14.5. The fourth-order valence-corrected chi connectivity index (χ4v) is 2.08. The first kappa shape index (κ1) is 14.3. The summed E-state index contributed by atoms with van der Waals surface area (Å²) in [6.45, 7) is 2.33. The zero-order valence-electron chi connectivity index (χ0n) is 10.9. The van der Waals surface area contributed by atoms with E-state index in [0.717, 1.165) is 15.6 Å². The second-order valence-electron chi connectivity index (χ2n) is 4.27. The third-order valence-corrected chi connectivity index (χ3v) is 3.18. The van der Waals surface area contributed by atoms with E-state index in [1.165, 1.54) is 0 Å². The molecule has 0 bridgehead atoms. The largest absolute Gasteiger partial charge is 0.489 e. The van der Waals surface area contributed by atoms with Crippen LogP contribution in [0.25, 0.3) is 0 Å². The molecule has 0 unspecified atom stereocenters. The molecule has 0 radical (unpaired) electrons. The molecule has 104 valence electrons. The van der Waals surface area contributed by atoms with E-state index in [0.29, 0.717) is 17.9 Å². The van der Waals surface area contributed by atoms with E-state index in [-0.39, 0.29) is 5.84 Å². The minimum Gasteiger partial charge on any atom is -0.489 e. The fourth-order valence-electron chi connectivity index (χ4n) is 1.67. The van der Waals surface area contributed by atoms with Crippen molar-refractivity contribution < 1.29 is 9.94 Å². The molecule has 0 saturated carbocycles. The number of nitrogens with two attached hydrogens (primary N) is 1. The number of oxime groups is 1. The molecule has 20 heavy (non-hydrogen) atoms. The van der Waals surface area contributed by atoms with E-state index < -0.39 is 0 Å². The molecular formula is C14H14BrN3O2. The van der Waals surface area contributed by atoms with E-state index in [9.17, 15) is 0 Å². The first-order valence-corrected chi connectivity index (χ1v) is 6.70. The molecule has 3 N–H and O–H groups in total. The van der Waals surface area contributed by atoms with Crippen LogP contribution in [-0.4, -0.2) is 16.0 Å². The minimum atomic E-state index is 0.0546. The number of amidine groups is 1. The lowest BCUT2D eigenvalue weighted by atomic mass is 10.1. The van der Waals surface area contributed by atoms with Gasteiger partial charge in [0, 0.05) is 28.0 Å². The van der Waals surface area contributed by atoms with Crippen molar-refractivity contribution in [1.29, 1.82) is 0 Å². The molecule has 0 atom stereocenters. The lowest BCUT2D eigenvalue weighted by molar-refractivity contribution is 0.303. The maximum Gasteiger partial charge on any atom is 0.170 e. The van der Waals surface area contributed by atoms with E-state index in [2.05, 4.69) is 26.1 Å². The molecule has 6 heteroatoms. The Bertz CT molecular complexity index is 644. The zero-order valence-corrected chi connectivity index (χ0v) is 12.5. The van der Waals surface area contributed by atoms with Gasteiger partial charge in [-0.2, -0.15) is 0 Å². The SMILES string of the molecule is Cc1ccc(/C(N)=N/O)cc1OCc1cncc(Br)c1. The highest BCUT2D eigenvalue weighted by Gasteiger charge is 2.06. The van der Waals surface area contributed by atoms with Gasteiger partial charge in [0.25, 0.3) is 0 Å². The molecule has 5 nitrogen and oxygen atoms in total. The van der Waals surface area contributed by atoms with Crippen molar-refractivity contribution in [1.82, 2.24) is 4.98 Å². The van der Waals surface area contributed by atoms with Gasteiger partial charge in [-0.1, -0.05) is 17.3 Å². The predicted molar refractivity (Wildman–Crippen MR) is 80.0 cm³/mol. The van der Waals surface area contributed by atoms with Crippen LogP contribution in [0.2, 0.25) is 0 Å². The summed E-state index contributed by atoms with van der Waals surface area (Å²) in [5, 5.41) is 11.7. The number of aryl methyl sites for hydroxylation is 1. The number of nitrogens with zero attached hydrogens (tertiary/aromatic N) is 2. The average Bonchev–Trinajstić information content (AvgIpc) is 2.45. The Balaban J connectivity index is 2.16. The van der Waals surface area contributed by atoms with E-state index in [1.807, 2.05) is 19.1 Å². The van der Waals surface area contributed by atoms with Gasteiger partial charge in [-0.25, -0.2) is 0 Å². The number of rotatable bonds is 4. The third kappa shape index (κ3) is 3.48. The van der Waals surface area contributed by atoms with Gasteiger partial charge >= 0.3 is 0 Å². The van der Waals surface area contributed by atoms with Crippen LogP contribution in [-0.2, 0) is 6.61 Å². The van der Waals surface area contributed by atoms with Gasteiger partial charge in [-0.15, -0.1) is 0 Å². The maximum atomic E-state index is 8.70. The summed E-state index contributed by atoms with van der Waals surface area (Å²) in [6, 6.07) is 7.32. The van der Waals surface area contributed by atoms with Crippen LogP contribution in [0.15, 0.2) is 46.3 Å². The lowest BCUT2D eigenvalue weighted by Gasteiger charge is -2.10. The molecule has 0 spiro atoms. The summed E-state index contributed by atoms with van der Waals surface area (Å²) >= 11 is 3.36. The predicted octanol–water partition coefficient (Wildman–Crippen LogP) is 2.83. The molecule has 1 heterocycles. The molecule has 2 rings (SSSR count). The average molecular weight is 336 g/mol. The Labute approximate surface area is 125 Å². The van der Waals surface area contributed by atoms with Crippen LogP contribution >= 0.6 is 15.9 Å². The molecule has 0 amide bonds. The van der Waals surface area contributed by atoms with Gasteiger partial charge in [0.15, 0.2) is 5.84 Å². The molecule has 0 aliphatic rings. The summed E-state index contributed by atoms with van der Waals surface area (Å²) in [5.41, 5.74) is 8.11. The molecule has 0 aliphatic carbocycles. The Hall–Kier alpha value is -2.08. The van der Waals surface area contributed by atoms with Crippen LogP contribution in [0.5, 0.6) is 5.75 Å². The summed E-state index contributed by atoms with van der Waals surface area (Å²) in [6.07, 6.45) is 3.46. The van der Waals surface area contributed by atoms with E-state index in [1.54, 1.807) is 24.5 Å². The maximum absolute atomic E-state index is 8.70. The van der Waals surface area contributed by atoms with Gasteiger partial charge in [0.05, 0.1) is 0 Å². The van der Waals surface area contributed by atoms with E-state index >= 15 is 0 Å². The van der Waals surface area contributed by atoms with Crippen LogP contribution < -0.4 is 10.5 Å². The summed E-state index contributed by atoms with van der Waals surface area (Å²) in [7, 11) is 0. The number of ether oxygens (including phenoxy) is 1. The number of aromatic nitrogens is 1. The molecule has 0 fully saturated rings. The first-order chi connectivity index (χ1) is 9.60. The van der Waals surface area contributed by atoms with Gasteiger partial charge in [-0.3, -0.25) is 4.98 Å². The van der Waals surface area contributed by atoms with Crippen LogP contribution in [0.4, 0.5) is 0 Å². The normalized spacial score (nSPS) is 11.4. The second-order valence-corrected chi connectivity index (χ2v) is 5.18. The number of halogens is 1. The Morgan fingerprint density at radius 3 is 2.90 bits per heavy atom. The number of benzene rings is 1. The number of pyridine rings is 1. The van der Waals surface area contributed by atoms with Crippen molar-refractivity contribution in [2.75, 3.05) is 0 Å². The van der Waals surface area contributed by atoms with Crippen LogP contribution in [0, 0.1) is 6.92 Å². The second kappa shape index (κ2) is 6.38. The van der Waals surface area contributed by atoms with Crippen LogP contribution in [0.1, 0.15) is 16.7 Å². The number of hydrogen-bond acceptors (Lipinski definition) is 4. The van der Waals surface area contributed by atoms with Crippen molar-refractivity contribution in [3.8, 4) is 5.75 Å². The fraction of sp³-hybridized carbons (Fsp3) is 0.143. The van der Waals surface area contributed by atoms with E-state index in [4.69, 9.17) is 15.7 Å². The highest BCUT2D eigenvalue weighted by molar-refractivity contribution is 9.10. The molecule has 1 aromatic heterocycles. The van der Waals surface area contributed by atoms with Crippen LogP contribution in [0.3, 0.4) is 0 Å². The molecular weight excluding hydrogens is 322 g/mol. The quantitative estimate of drug-likeness (QED) is 0.389. The van der Waals surface area contributed by atoms with Crippen molar-refractivity contribution in [3.05, 3.63) is 57.8 Å². The van der Waals surface area contributed by atoms with Crippen molar-refractivity contribution in [2.45, 2.75) is 13.5 Å². The summed E-state index contributed by atoms with van der Waals surface area (Å²) < 4.78 is 6.66. The smallest absolute Gasteiger partial charge is 0.170 e. The Morgan fingerprint density at radius 2 is 2.20 bits per heavy atom. The first-order valence-electron chi connectivity index (χ1n) is 5.91. The molecule has 0 saturated heterocycles. The lowest BCUT2D eigenvalue weighted by Crippen LogP contribution is -2.13. The highest BCUT2D eigenvalue weighted by Crippen LogP contribution is 2.21. The summed E-state index contributed by atoms with van der Waals surface area (Å²) in [5.74, 6) is 0.744. The minimum absolute atomic E-state index is 0.0546. The number of hydrogen-bond donors (Lipinski definition) is 2. The van der Waals surface area contributed by atoms with Gasteiger partial charge in [-0.05, 0) is 40.5 Å². The molecule has 2 aromatic rings. The van der Waals surface area contributed by atoms with Gasteiger partial charge < -0.3 is 15.7 Å². The van der Waals surface area contributed by atoms with Gasteiger partial charge in [0.2, 0.25) is 0 Å². The summed E-state index contributed by atoms with van der Waals surface area (Å²) in [4.78, 5) is 4.08. The van der Waals surface area contributed by atoms with Crippen molar-refractivity contribution >= 4 is 21.8 Å². The Kier molecular flexibility index (Phi) is 4.57. The van der Waals surface area contributed by atoms with Crippen molar-refractivity contribution in [2.24, 2.45) is 10.9 Å².